The average Bonchev–Trinajstić information content (AvgIpc) is 3.05. The highest BCUT2D eigenvalue weighted by atomic mass is 32.1. The molecule has 0 amide bonds. The van der Waals surface area contributed by atoms with E-state index in [1.807, 2.05) is 52.0 Å². The smallest absolute Gasteiger partial charge is 0.398 e. The van der Waals surface area contributed by atoms with Crippen molar-refractivity contribution in [3.8, 4) is 0 Å². The van der Waals surface area contributed by atoms with Crippen molar-refractivity contribution in [2.24, 2.45) is 0 Å². The van der Waals surface area contributed by atoms with Crippen LogP contribution in [0.3, 0.4) is 0 Å². The van der Waals surface area contributed by atoms with Crippen LogP contribution in [-0.4, -0.2) is 33.3 Å². The van der Waals surface area contributed by atoms with Gasteiger partial charge in [0.25, 0.3) is 0 Å². The summed E-state index contributed by atoms with van der Waals surface area (Å²) in [5.74, 6) is 0.638. The van der Waals surface area contributed by atoms with Crippen molar-refractivity contribution in [3.05, 3.63) is 36.7 Å². The Balaban J connectivity index is 1.51. The minimum absolute atomic E-state index is 0.392. The summed E-state index contributed by atoms with van der Waals surface area (Å²) in [6, 6.07) is 8.02. The van der Waals surface area contributed by atoms with Crippen molar-refractivity contribution in [2.75, 3.05) is 5.32 Å². The monoisotopic (exact) mass is 354 g/mol. The molecule has 8 heteroatoms. The van der Waals surface area contributed by atoms with E-state index in [1.165, 1.54) is 0 Å². The molecule has 0 spiro atoms. The van der Waals surface area contributed by atoms with Crippen molar-refractivity contribution in [3.63, 3.8) is 0 Å². The first-order chi connectivity index (χ1) is 11.8. The van der Waals surface area contributed by atoms with Gasteiger partial charge in [0.05, 0.1) is 33.2 Å². The lowest BCUT2D eigenvalue weighted by molar-refractivity contribution is 0.00578. The number of nitrogens with zero attached hydrogens (tertiary/aromatic N) is 3. The van der Waals surface area contributed by atoms with Crippen LogP contribution in [-0.2, 0) is 9.31 Å². The summed E-state index contributed by atoms with van der Waals surface area (Å²) in [7, 11) is -0.506. The van der Waals surface area contributed by atoms with Crippen LogP contribution < -0.4 is 10.9 Å². The molecule has 4 rings (SSSR count). The van der Waals surface area contributed by atoms with Gasteiger partial charge in [-0.05, 0) is 39.8 Å². The molecule has 0 aliphatic carbocycles. The molecule has 1 N–H and O–H groups in total. The van der Waals surface area contributed by atoms with E-state index in [1.54, 1.807) is 23.7 Å². The van der Waals surface area contributed by atoms with Crippen molar-refractivity contribution in [2.45, 2.75) is 38.9 Å². The molecule has 0 atom stereocenters. The third kappa shape index (κ3) is 3.01. The SMILES string of the molecule is CC1(C)OB(c2cnc(Nc3nc4ccccc4s3)cn2)OC1(C)C. The molecule has 1 fully saturated rings. The van der Waals surface area contributed by atoms with Crippen LogP contribution in [0.15, 0.2) is 36.7 Å². The first kappa shape index (κ1) is 16.4. The van der Waals surface area contributed by atoms with Crippen LogP contribution in [0.1, 0.15) is 27.7 Å². The maximum absolute atomic E-state index is 5.99. The van der Waals surface area contributed by atoms with E-state index in [0.29, 0.717) is 11.4 Å². The normalized spacial score (nSPS) is 18.6. The Morgan fingerprint density at radius 3 is 2.36 bits per heavy atom. The van der Waals surface area contributed by atoms with E-state index in [4.69, 9.17) is 9.31 Å². The fourth-order valence-corrected chi connectivity index (χ4v) is 3.40. The van der Waals surface area contributed by atoms with Gasteiger partial charge in [0.15, 0.2) is 10.9 Å². The van der Waals surface area contributed by atoms with Crippen molar-refractivity contribution in [1.29, 1.82) is 0 Å². The Labute approximate surface area is 150 Å². The lowest BCUT2D eigenvalue weighted by atomic mass is 9.85. The van der Waals surface area contributed by atoms with Crippen LogP contribution in [0.2, 0.25) is 0 Å². The van der Waals surface area contributed by atoms with Gasteiger partial charge in [-0.1, -0.05) is 23.5 Å². The van der Waals surface area contributed by atoms with E-state index in [0.717, 1.165) is 15.3 Å². The molecule has 128 valence electrons. The fourth-order valence-electron chi connectivity index (χ4n) is 2.52. The zero-order valence-electron chi connectivity index (χ0n) is 14.6. The second-order valence-corrected chi connectivity index (χ2v) is 8.06. The summed E-state index contributed by atoms with van der Waals surface area (Å²) in [6.45, 7) is 8.07. The van der Waals surface area contributed by atoms with E-state index >= 15 is 0 Å². The molecule has 0 saturated carbocycles. The molecule has 1 aliphatic rings. The third-order valence-corrected chi connectivity index (χ3v) is 5.65. The highest BCUT2D eigenvalue weighted by Crippen LogP contribution is 2.36. The third-order valence-electron chi connectivity index (χ3n) is 4.70. The van der Waals surface area contributed by atoms with Crippen LogP contribution in [0.4, 0.5) is 10.9 Å². The molecule has 0 bridgehead atoms. The van der Waals surface area contributed by atoms with Crippen molar-refractivity contribution < 1.29 is 9.31 Å². The molecule has 0 unspecified atom stereocenters. The summed E-state index contributed by atoms with van der Waals surface area (Å²) in [6.07, 6.45) is 3.35. The number of nitrogens with one attached hydrogen (secondary N) is 1. The van der Waals surface area contributed by atoms with Crippen LogP contribution in [0.5, 0.6) is 0 Å². The minimum atomic E-state index is -0.506. The minimum Gasteiger partial charge on any atom is -0.398 e. The number of para-hydroxylation sites is 1. The Morgan fingerprint density at radius 1 is 1.00 bits per heavy atom. The highest BCUT2D eigenvalue weighted by molar-refractivity contribution is 7.22. The number of thiazole rings is 1. The summed E-state index contributed by atoms with van der Waals surface area (Å²) in [5, 5.41) is 3.99. The second kappa shape index (κ2) is 5.76. The standard InChI is InChI=1S/C17H19BN4O2S/c1-16(2)17(3,4)24-18(23-16)13-9-20-14(10-19-13)22-15-21-11-7-5-6-8-12(11)25-15/h5-10H,1-4H3,(H,20,21,22). The number of benzene rings is 1. The topological polar surface area (TPSA) is 69.2 Å². The number of hydrogen-bond acceptors (Lipinski definition) is 7. The van der Waals surface area contributed by atoms with Gasteiger partial charge in [0.1, 0.15) is 0 Å². The average molecular weight is 354 g/mol. The fraction of sp³-hybridized carbons (Fsp3) is 0.353. The number of rotatable bonds is 3. The van der Waals surface area contributed by atoms with Gasteiger partial charge in [-0.2, -0.15) is 0 Å². The number of fused-ring (bicyclic) bond motifs is 1. The molecule has 6 nitrogen and oxygen atoms in total. The molecule has 1 aliphatic heterocycles. The van der Waals surface area contributed by atoms with Gasteiger partial charge in [-0.3, -0.25) is 4.98 Å². The quantitative estimate of drug-likeness (QED) is 0.729. The zero-order valence-corrected chi connectivity index (χ0v) is 15.4. The summed E-state index contributed by atoms with van der Waals surface area (Å²) in [4.78, 5) is 13.4. The van der Waals surface area contributed by atoms with E-state index in [-0.39, 0.29) is 0 Å². The van der Waals surface area contributed by atoms with Crippen LogP contribution >= 0.6 is 11.3 Å². The first-order valence-electron chi connectivity index (χ1n) is 8.14. The molecule has 3 aromatic rings. The van der Waals surface area contributed by atoms with Gasteiger partial charge < -0.3 is 14.6 Å². The molecular weight excluding hydrogens is 335 g/mol. The molecule has 1 aromatic carbocycles. The van der Waals surface area contributed by atoms with Gasteiger partial charge >= 0.3 is 7.12 Å². The molecule has 2 aromatic heterocycles. The number of aromatic nitrogens is 3. The maximum atomic E-state index is 5.99. The molecule has 0 radical (unpaired) electrons. The van der Waals surface area contributed by atoms with E-state index in [2.05, 4.69) is 20.3 Å². The van der Waals surface area contributed by atoms with Gasteiger partial charge in [0, 0.05) is 6.20 Å². The van der Waals surface area contributed by atoms with Gasteiger partial charge in [-0.25, -0.2) is 9.97 Å². The second-order valence-electron chi connectivity index (χ2n) is 7.03. The van der Waals surface area contributed by atoms with Crippen LogP contribution in [0, 0.1) is 0 Å². The summed E-state index contributed by atoms with van der Waals surface area (Å²) in [5.41, 5.74) is 0.847. The predicted molar refractivity (Wildman–Crippen MR) is 101 cm³/mol. The Kier molecular flexibility index (Phi) is 3.79. The Hall–Kier alpha value is -2.03. The Bertz CT molecular complexity index is 861. The molecule has 1 saturated heterocycles. The molecular formula is C17H19BN4O2S. The van der Waals surface area contributed by atoms with Gasteiger partial charge in [0.2, 0.25) is 0 Å². The molecule has 3 heterocycles. The van der Waals surface area contributed by atoms with E-state index in [9.17, 15) is 0 Å². The predicted octanol–water partition coefficient (Wildman–Crippen LogP) is 3.13. The van der Waals surface area contributed by atoms with Crippen molar-refractivity contribution >= 4 is 45.2 Å². The maximum Gasteiger partial charge on any atom is 0.516 e. The largest absolute Gasteiger partial charge is 0.516 e. The number of anilines is 2. The summed E-state index contributed by atoms with van der Waals surface area (Å²) >= 11 is 1.58. The Morgan fingerprint density at radius 2 is 1.72 bits per heavy atom. The van der Waals surface area contributed by atoms with Crippen molar-refractivity contribution in [1.82, 2.24) is 15.0 Å². The lowest BCUT2D eigenvalue weighted by Gasteiger charge is -2.32. The highest BCUT2D eigenvalue weighted by Gasteiger charge is 2.52. The first-order valence-corrected chi connectivity index (χ1v) is 8.96. The lowest BCUT2D eigenvalue weighted by Crippen LogP contribution is -2.41. The van der Waals surface area contributed by atoms with Gasteiger partial charge in [-0.15, -0.1) is 0 Å². The zero-order chi connectivity index (χ0) is 17.7. The molecule has 25 heavy (non-hydrogen) atoms. The number of hydrogen-bond donors (Lipinski definition) is 1. The summed E-state index contributed by atoms with van der Waals surface area (Å²) < 4.78 is 13.1. The van der Waals surface area contributed by atoms with E-state index < -0.39 is 18.3 Å². The van der Waals surface area contributed by atoms with Crippen LogP contribution in [0.25, 0.3) is 10.2 Å².